The number of rotatable bonds is 6. The maximum absolute atomic E-state index is 12.9. The molecular formula is C20H27N3O3S. The second kappa shape index (κ2) is 8.27. The Hall–Kier alpha value is -2.12. The van der Waals surface area contributed by atoms with E-state index in [-0.39, 0.29) is 10.8 Å². The van der Waals surface area contributed by atoms with Crippen molar-refractivity contribution in [2.45, 2.75) is 31.1 Å². The Bertz CT molecular complexity index is 890. The van der Waals surface area contributed by atoms with Gasteiger partial charge in [0.2, 0.25) is 10.0 Å². The fourth-order valence-electron chi connectivity index (χ4n) is 3.47. The molecule has 146 valence electrons. The van der Waals surface area contributed by atoms with Gasteiger partial charge < -0.3 is 9.88 Å². The minimum atomic E-state index is -3.56. The predicted octanol–water partition coefficient (Wildman–Crippen LogP) is 2.42. The van der Waals surface area contributed by atoms with Crippen LogP contribution < -0.4 is 5.32 Å². The largest absolute Gasteiger partial charge is 0.350 e. The van der Waals surface area contributed by atoms with Crippen LogP contribution in [0.15, 0.2) is 47.5 Å². The van der Waals surface area contributed by atoms with Crippen molar-refractivity contribution in [3.05, 3.63) is 53.9 Å². The molecule has 27 heavy (non-hydrogen) atoms. The fourth-order valence-corrected chi connectivity index (χ4v) is 5.14. The number of carbonyl (C=O) groups excluding carboxylic acids is 1. The topological polar surface area (TPSA) is 71.4 Å². The Balaban J connectivity index is 1.67. The van der Waals surface area contributed by atoms with Gasteiger partial charge in [-0.15, -0.1) is 0 Å². The lowest BCUT2D eigenvalue weighted by Gasteiger charge is -2.29. The molecule has 2 heterocycles. The van der Waals surface area contributed by atoms with Gasteiger partial charge in [0.25, 0.3) is 5.91 Å². The number of nitrogens with one attached hydrogen (secondary N) is 1. The van der Waals surface area contributed by atoms with Crippen molar-refractivity contribution in [1.29, 1.82) is 0 Å². The van der Waals surface area contributed by atoms with Crippen LogP contribution in [0.1, 0.15) is 35.8 Å². The van der Waals surface area contributed by atoms with Crippen LogP contribution in [-0.4, -0.2) is 42.8 Å². The van der Waals surface area contributed by atoms with Crippen molar-refractivity contribution >= 4 is 15.9 Å². The number of aromatic nitrogens is 1. The molecule has 1 atom stereocenters. The van der Waals surface area contributed by atoms with Gasteiger partial charge in [-0.05, 0) is 36.8 Å². The van der Waals surface area contributed by atoms with E-state index >= 15 is 0 Å². The highest BCUT2D eigenvalue weighted by Crippen LogP contribution is 2.24. The Kier molecular flexibility index (Phi) is 6.01. The van der Waals surface area contributed by atoms with Crippen molar-refractivity contribution in [2.24, 2.45) is 13.0 Å². The maximum Gasteiger partial charge on any atom is 0.267 e. The van der Waals surface area contributed by atoms with E-state index in [1.807, 2.05) is 30.3 Å². The van der Waals surface area contributed by atoms with E-state index in [1.165, 1.54) is 16.6 Å². The third-order valence-electron chi connectivity index (χ3n) is 5.01. The van der Waals surface area contributed by atoms with Crippen LogP contribution in [0.5, 0.6) is 0 Å². The Morgan fingerprint density at radius 1 is 1.26 bits per heavy atom. The molecule has 1 aliphatic heterocycles. The first-order valence-electron chi connectivity index (χ1n) is 9.36. The molecule has 0 unspecified atom stereocenters. The number of hydrogen-bond donors (Lipinski definition) is 1. The molecule has 1 aromatic heterocycles. The molecular weight excluding hydrogens is 362 g/mol. The molecule has 0 aliphatic carbocycles. The minimum Gasteiger partial charge on any atom is -0.350 e. The van der Waals surface area contributed by atoms with E-state index in [1.54, 1.807) is 11.6 Å². The lowest BCUT2D eigenvalue weighted by atomic mass is 10.0. The van der Waals surface area contributed by atoms with Crippen LogP contribution in [0.2, 0.25) is 0 Å². The zero-order valence-electron chi connectivity index (χ0n) is 15.9. The summed E-state index contributed by atoms with van der Waals surface area (Å²) in [5.41, 5.74) is 1.50. The van der Waals surface area contributed by atoms with Gasteiger partial charge in [0.05, 0.1) is 0 Å². The number of hydrogen-bond acceptors (Lipinski definition) is 3. The Labute approximate surface area is 161 Å². The van der Waals surface area contributed by atoms with Crippen molar-refractivity contribution in [3.8, 4) is 0 Å². The van der Waals surface area contributed by atoms with Gasteiger partial charge in [-0.25, -0.2) is 8.42 Å². The lowest BCUT2D eigenvalue weighted by Crippen LogP contribution is -2.38. The third kappa shape index (κ3) is 4.59. The molecule has 0 radical (unpaired) electrons. The van der Waals surface area contributed by atoms with E-state index in [4.69, 9.17) is 0 Å². The van der Waals surface area contributed by atoms with Crippen LogP contribution in [0, 0.1) is 5.92 Å². The normalized spacial score (nSPS) is 18.4. The average molecular weight is 390 g/mol. The Morgan fingerprint density at radius 2 is 2.00 bits per heavy atom. The van der Waals surface area contributed by atoms with Crippen molar-refractivity contribution in [2.75, 3.05) is 19.6 Å². The summed E-state index contributed by atoms with van der Waals surface area (Å²) in [7, 11) is -1.86. The smallest absolute Gasteiger partial charge is 0.267 e. The number of sulfonamides is 1. The van der Waals surface area contributed by atoms with Gasteiger partial charge in [-0.3, -0.25) is 4.79 Å². The summed E-state index contributed by atoms with van der Waals surface area (Å²) in [5, 5.41) is 2.87. The summed E-state index contributed by atoms with van der Waals surface area (Å²) in [5.74, 6) is 0.0971. The number of carbonyl (C=O) groups is 1. The molecule has 1 N–H and O–H groups in total. The van der Waals surface area contributed by atoms with E-state index in [0.717, 1.165) is 24.8 Å². The molecule has 6 nitrogen and oxygen atoms in total. The lowest BCUT2D eigenvalue weighted by molar-refractivity contribution is 0.0946. The second-order valence-electron chi connectivity index (χ2n) is 7.27. The molecule has 1 aliphatic rings. The number of amides is 1. The van der Waals surface area contributed by atoms with Crippen molar-refractivity contribution < 1.29 is 13.2 Å². The first-order chi connectivity index (χ1) is 12.9. The highest BCUT2D eigenvalue weighted by molar-refractivity contribution is 7.89. The average Bonchev–Trinajstić information content (AvgIpc) is 3.05. The maximum atomic E-state index is 12.9. The van der Waals surface area contributed by atoms with Crippen LogP contribution >= 0.6 is 0 Å². The van der Waals surface area contributed by atoms with Gasteiger partial charge in [-0.1, -0.05) is 37.3 Å². The van der Waals surface area contributed by atoms with E-state index < -0.39 is 10.0 Å². The molecule has 1 aromatic carbocycles. The van der Waals surface area contributed by atoms with Crippen molar-refractivity contribution in [3.63, 3.8) is 0 Å². The minimum absolute atomic E-state index is 0.187. The van der Waals surface area contributed by atoms with Crippen molar-refractivity contribution in [1.82, 2.24) is 14.2 Å². The summed E-state index contributed by atoms with van der Waals surface area (Å²) in [6.45, 7) is 3.65. The third-order valence-corrected chi connectivity index (χ3v) is 6.84. The number of piperidine rings is 1. The van der Waals surface area contributed by atoms with Gasteiger partial charge in [0, 0.05) is 32.9 Å². The standard InChI is InChI=1S/C20H27N3O3S/c1-16-7-6-12-23(14-16)27(25,26)18-13-19(22(2)15-18)20(24)21-11-10-17-8-4-3-5-9-17/h3-5,8-9,13,15-16H,6-7,10-12,14H2,1-2H3,(H,21,24)/t16-/m0/s1. The van der Waals surface area contributed by atoms with E-state index in [0.29, 0.717) is 31.2 Å². The summed E-state index contributed by atoms with van der Waals surface area (Å²) in [6.07, 6.45) is 4.18. The van der Waals surface area contributed by atoms with Gasteiger partial charge in [0.1, 0.15) is 10.6 Å². The number of nitrogens with zero attached hydrogens (tertiary/aromatic N) is 2. The number of benzene rings is 1. The Morgan fingerprint density at radius 3 is 2.70 bits per heavy atom. The number of aryl methyl sites for hydroxylation is 1. The molecule has 1 saturated heterocycles. The van der Waals surface area contributed by atoms with Crippen LogP contribution in [0.4, 0.5) is 0 Å². The first-order valence-corrected chi connectivity index (χ1v) is 10.8. The highest BCUT2D eigenvalue weighted by atomic mass is 32.2. The summed E-state index contributed by atoms with van der Waals surface area (Å²) in [6, 6.07) is 11.4. The molecule has 3 rings (SSSR count). The van der Waals surface area contributed by atoms with Crippen LogP contribution in [0.3, 0.4) is 0 Å². The first kappa shape index (κ1) is 19.6. The zero-order chi connectivity index (χ0) is 19.4. The van der Waals surface area contributed by atoms with Crippen LogP contribution in [0.25, 0.3) is 0 Å². The molecule has 0 spiro atoms. The van der Waals surface area contributed by atoms with E-state index in [9.17, 15) is 13.2 Å². The monoisotopic (exact) mass is 389 g/mol. The summed E-state index contributed by atoms with van der Waals surface area (Å²) >= 11 is 0. The molecule has 1 amide bonds. The fraction of sp³-hybridized carbons (Fsp3) is 0.450. The molecule has 1 fully saturated rings. The predicted molar refractivity (Wildman–Crippen MR) is 105 cm³/mol. The quantitative estimate of drug-likeness (QED) is 0.825. The summed E-state index contributed by atoms with van der Waals surface area (Å²) < 4.78 is 28.9. The van der Waals surface area contributed by atoms with Gasteiger partial charge in [-0.2, -0.15) is 4.31 Å². The highest BCUT2D eigenvalue weighted by Gasteiger charge is 2.30. The zero-order valence-corrected chi connectivity index (χ0v) is 16.7. The molecule has 0 saturated carbocycles. The van der Waals surface area contributed by atoms with E-state index in [2.05, 4.69) is 12.2 Å². The van der Waals surface area contributed by atoms with Gasteiger partial charge in [0.15, 0.2) is 0 Å². The SMILES string of the molecule is C[C@H]1CCCN(S(=O)(=O)c2cc(C(=O)NCCc3ccccc3)n(C)c2)C1. The van der Waals surface area contributed by atoms with Gasteiger partial charge >= 0.3 is 0 Å². The van der Waals surface area contributed by atoms with Crippen LogP contribution in [-0.2, 0) is 23.5 Å². The summed E-state index contributed by atoms with van der Waals surface area (Å²) in [4.78, 5) is 12.7. The molecule has 0 bridgehead atoms. The molecule has 7 heteroatoms. The molecule has 2 aromatic rings. The second-order valence-corrected chi connectivity index (χ2v) is 9.21.